The van der Waals surface area contributed by atoms with Crippen LogP contribution in [0.25, 0.3) is 27.5 Å². The molecular formula is C25H21N5O2. The largest absolute Gasteiger partial charge is 0.324 e. The van der Waals surface area contributed by atoms with Gasteiger partial charge >= 0.3 is 0 Å². The second-order valence-corrected chi connectivity index (χ2v) is 7.85. The van der Waals surface area contributed by atoms with E-state index in [1.54, 1.807) is 6.07 Å². The van der Waals surface area contributed by atoms with Crippen molar-refractivity contribution >= 4 is 27.9 Å². The second kappa shape index (κ2) is 7.77. The fraction of sp³-hybridized carbons (Fsp3) is 0.120. The molecule has 1 amide bonds. The van der Waals surface area contributed by atoms with Gasteiger partial charge in [-0.1, -0.05) is 54.6 Å². The third-order valence-electron chi connectivity index (χ3n) is 5.52. The summed E-state index contributed by atoms with van der Waals surface area (Å²) in [6.45, 7) is 3.70. The smallest absolute Gasteiger partial charge is 0.293 e. The number of amides is 1. The van der Waals surface area contributed by atoms with E-state index in [0.717, 1.165) is 37.8 Å². The predicted octanol–water partition coefficient (Wildman–Crippen LogP) is 3.97. The average Bonchev–Trinajstić information content (AvgIpc) is 3.23. The number of carbonyl (C=O) groups is 1. The molecule has 158 valence electrons. The molecular weight excluding hydrogens is 402 g/mol. The third-order valence-corrected chi connectivity index (χ3v) is 5.52. The summed E-state index contributed by atoms with van der Waals surface area (Å²) in [7, 11) is 0. The van der Waals surface area contributed by atoms with Gasteiger partial charge in [0.25, 0.3) is 5.56 Å². The standard InChI is InChI=1S/C25H21N5O2/c1-16-10-11-17(2)21(12-16)27-24(31)14-29-25(32)23-13-22(28-30(23)15-26-29)20-9-5-7-18-6-3-4-8-19(18)20/h3-13,15H,14H2,1-2H3,(H,27,31). The van der Waals surface area contributed by atoms with Gasteiger partial charge in [0.15, 0.2) is 0 Å². The summed E-state index contributed by atoms with van der Waals surface area (Å²) < 4.78 is 2.61. The maximum atomic E-state index is 13.0. The summed E-state index contributed by atoms with van der Waals surface area (Å²) >= 11 is 0. The zero-order valence-electron chi connectivity index (χ0n) is 17.7. The molecule has 0 aliphatic heterocycles. The van der Waals surface area contributed by atoms with E-state index >= 15 is 0 Å². The molecule has 0 atom stereocenters. The highest BCUT2D eigenvalue weighted by molar-refractivity contribution is 5.96. The number of hydrogen-bond acceptors (Lipinski definition) is 4. The number of aryl methyl sites for hydroxylation is 2. The van der Waals surface area contributed by atoms with E-state index < -0.39 is 0 Å². The maximum Gasteiger partial charge on any atom is 0.293 e. The third kappa shape index (κ3) is 3.54. The van der Waals surface area contributed by atoms with Crippen molar-refractivity contribution in [2.75, 3.05) is 5.32 Å². The van der Waals surface area contributed by atoms with E-state index in [1.165, 1.54) is 10.8 Å². The SMILES string of the molecule is Cc1ccc(C)c(NC(=O)Cn2ncn3nc(-c4cccc5ccccc45)cc3c2=O)c1. The molecule has 7 nitrogen and oxygen atoms in total. The van der Waals surface area contributed by atoms with Gasteiger partial charge in [-0.05, 0) is 47.9 Å². The zero-order valence-corrected chi connectivity index (χ0v) is 17.7. The minimum atomic E-state index is -0.373. The highest BCUT2D eigenvalue weighted by Gasteiger charge is 2.14. The van der Waals surface area contributed by atoms with E-state index in [9.17, 15) is 9.59 Å². The van der Waals surface area contributed by atoms with Crippen LogP contribution in [0.4, 0.5) is 5.69 Å². The molecule has 1 N–H and O–H groups in total. The summed E-state index contributed by atoms with van der Waals surface area (Å²) in [6.07, 6.45) is 1.45. The highest BCUT2D eigenvalue weighted by atomic mass is 16.2. The number of fused-ring (bicyclic) bond motifs is 2. The van der Waals surface area contributed by atoms with Gasteiger partial charge in [-0.3, -0.25) is 9.59 Å². The molecule has 0 radical (unpaired) electrons. The molecule has 0 aliphatic rings. The molecule has 7 heteroatoms. The lowest BCUT2D eigenvalue weighted by Gasteiger charge is -2.10. The van der Waals surface area contributed by atoms with Crippen LogP contribution in [0.1, 0.15) is 11.1 Å². The van der Waals surface area contributed by atoms with Crippen LogP contribution in [0.2, 0.25) is 0 Å². The number of aromatic nitrogens is 4. The molecule has 32 heavy (non-hydrogen) atoms. The van der Waals surface area contributed by atoms with Crippen molar-refractivity contribution in [1.82, 2.24) is 19.4 Å². The van der Waals surface area contributed by atoms with Crippen LogP contribution in [0, 0.1) is 13.8 Å². The van der Waals surface area contributed by atoms with Gasteiger partial charge < -0.3 is 5.32 Å². The van der Waals surface area contributed by atoms with Crippen LogP contribution < -0.4 is 10.9 Å². The Balaban J connectivity index is 1.47. The molecule has 0 fully saturated rings. The molecule has 0 spiro atoms. The first-order valence-electron chi connectivity index (χ1n) is 10.3. The summed E-state index contributed by atoms with van der Waals surface area (Å²) in [5.74, 6) is -0.313. The second-order valence-electron chi connectivity index (χ2n) is 7.85. The minimum absolute atomic E-state index is 0.183. The number of rotatable bonds is 4. The lowest BCUT2D eigenvalue weighted by molar-refractivity contribution is -0.117. The van der Waals surface area contributed by atoms with Crippen molar-refractivity contribution in [2.24, 2.45) is 0 Å². The molecule has 0 aliphatic carbocycles. The first kappa shape index (κ1) is 19.7. The molecule has 5 aromatic rings. The van der Waals surface area contributed by atoms with Crippen LogP contribution in [-0.4, -0.2) is 25.3 Å². The fourth-order valence-corrected chi connectivity index (χ4v) is 3.83. The Morgan fingerprint density at radius 1 is 1.00 bits per heavy atom. The number of benzene rings is 3. The van der Waals surface area contributed by atoms with Crippen molar-refractivity contribution < 1.29 is 4.79 Å². The normalized spacial score (nSPS) is 11.2. The molecule has 0 saturated heterocycles. The fourth-order valence-electron chi connectivity index (χ4n) is 3.83. The van der Waals surface area contributed by atoms with Gasteiger partial charge in [0.1, 0.15) is 18.4 Å². The Kier molecular flexibility index (Phi) is 4.78. The summed E-state index contributed by atoms with van der Waals surface area (Å²) in [5, 5.41) is 13.7. The Morgan fingerprint density at radius 2 is 1.81 bits per heavy atom. The molecule has 0 saturated carbocycles. The van der Waals surface area contributed by atoms with Crippen LogP contribution in [-0.2, 0) is 11.3 Å². The number of hydrogen-bond donors (Lipinski definition) is 1. The summed E-state index contributed by atoms with van der Waals surface area (Å²) in [5.41, 5.74) is 4.33. The summed E-state index contributed by atoms with van der Waals surface area (Å²) in [4.78, 5) is 25.6. The Labute approximate surface area is 183 Å². The highest BCUT2D eigenvalue weighted by Crippen LogP contribution is 2.27. The van der Waals surface area contributed by atoms with E-state index in [1.807, 2.05) is 74.5 Å². The van der Waals surface area contributed by atoms with E-state index in [0.29, 0.717) is 11.2 Å². The molecule has 0 unspecified atom stereocenters. The number of nitrogens with one attached hydrogen (secondary N) is 1. The Hall–Kier alpha value is -4.26. The predicted molar refractivity (Wildman–Crippen MR) is 125 cm³/mol. The van der Waals surface area contributed by atoms with Gasteiger partial charge in [-0.25, -0.2) is 9.20 Å². The van der Waals surface area contributed by atoms with Crippen LogP contribution in [0.15, 0.2) is 77.9 Å². The van der Waals surface area contributed by atoms with Gasteiger partial charge in [0.05, 0.1) is 5.69 Å². The molecule has 3 aromatic carbocycles. The zero-order chi connectivity index (χ0) is 22.2. The maximum absolute atomic E-state index is 13.0. The van der Waals surface area contributed by atoms with Crippen molar-refractivity contribution in [2.45, 2.75) is 20.4 Å². The van der Waals surface area contributed by atoms with E-state index in [-0.39, 0.29) is 18.0 Å². The Bertz CT molecular complexity index is 1540. The molecule has 2 aromatic heterocycles. The quantitative estimate of drug-likeness (QED) is 0.474. The van der Waals surface area contributed by atoms with Crippen molar-refractivity contribution in [3.63, 3.8) is 0 Å². The topological polar surface area (TPSA) is 81.3 Å². The van der Waals surface area contributed by atoms with Crippen LogP contribution >= 0.6 is 0 Å². The Morgan fingerprint density at radius 3 is 2.69 bits per heavy atom. The number of nitrogens with zero attached hydrogens (tertiary/aromatic N) is 4. The molecule has 2 heterocycles. The van der Waals surface area contributed by atoms with Gasteiger partial charge in [-0.2, -0.15) is 10.2 Å². The first-order valence-corrected chi connectivity index (χ1v) is 10.3. The van der Waals surface area contributed by atoms with E-state index in [4.69, 9.17) is 0 Å². The monoisotopic (exact) mass is 423 g/mol. The van der Waals surface area contributed by atoms with E-state index in [2.05, 4.69) is 15.5 Å². The number of carbonyl (C=O) groups excluding carboxylic acids is 1. The molecule has 5 rings (SSSR count). The first-order chi connectivity index (χ1) is 15.5. The van der Waals surface area contributed by atoms with Gasteiger partial charge in [0, 0.05) is 11.3 Å². The van der Waals surface area contributed by atoms with Crippen molar-refractivity contribution in [3.05, 3.63) is 94.5 Å². The average molecular weight is 423 g/mol. The van der Waals surface area contributed by atoms with Gasteiger partial charge in [-0.15, -0.1) is 0 Å². The van der Waals surface area contributed by atoms with Gasteiger partial charge in [0.2, 0.25) is 5.91 Å². The van der Waals surface area contributed by atoms with Crippen molar-refractivity contribution in [1.29, 1.82) is 0 Å². The lowest BCUT2D eigenvalue weighted by atomic mass is 10.0. The van der Waals surface area contributed by atoms with Crippen LogP contribution in [0.5, 0.6) is 0 Å². The summed E-state index contributed by atoms with van der Waals surface area (Å²) in [6, 6.07) is 21.6. The van der Waals surface area contributed by atoms with Crippen molar-refractivity contribution in [3.8, 4) is 11.3 Å². The lowest BCUT2D eigenvalue weighted by Crippen LogP contribution is -2.30. The van der Waals surface area contributed by atoms with Crippen LogP contribution in [0.3, 0.4) is 0 Å². The molecule has 0 bridgehead atoms. The minimum Gasteiger partial charge on any atom is -0.324 e. The number of anilines is 1.